The van der Waals surface area contributed by atoms with Crippen molar-refractivity contribution in [1.29, 1.82) is 0 Å². The van der Waals surface area contributed by atoms with Crippen LogP contribution in [0.15, 0.2) is 93.5 Å². The summed E-state index contributed by atoms with van der Waals surface area (Å²) in [5.41, 5.74) is 34.5. The highest BCUT2D eigenvalue weighted by Gasteiger charge is 2.45. The van der Waals surface area contributed by atoms with Crippen LogP contribution in [-0.4, -0.2) is 260 Å². The van der Waals surface area contributed by atoms with Gasteiger partial charge in [-0.2, -0.15) is 23.5 Å². The van der Waals surface area contributed by atoms with E-state index >= 15 is 0 Å². The van der Waals surface area contributed by atoms with Crippen molar-refractivity contribution in [3.63, 3.8) is 0 Å². The molecular weight excluding hydrogens is 1950 g/mol. The van der Waals surface area contributed by atoms with Gasteiger partial charge in [-0.05, 0) is 146 Å². The number of rotatable bonds is 33. The normalized spacial score (nSPS) is 22.9. The number of thiophene rings is 2. The van der Waals surface area contributed by atoms with Crippen LogP contribution in [0.2, 0.25) is 10.0 Å². The molecule has 8 rings (SSSR count). The third-order valence-electron chi connectivity index (χ3n) is 23.2. The maximum absolute atomic E-state index is 14.6. The molecule has 4 fully saturated rings. The lowest BCUT2D eigenvalue weighted by molar-refractivity contribution is -0.143. The Morgan fingerprint density at radius 2 is 0.892 bits per heavy atom. The number of halogens is 2. The van der Waals surface area contributed by atoms with E-state index < -0.39 is 216 Å². The van der Waals surface area contributed by atoms with Crippen LogP contribution in [0.4, 0.5) is 0 Å². The molecule has 0 aliphatic carbocycles. The summed E-state index contributed by atoms with van der Waals surface area (Å²) in [4.78, 5) is 261. The number of benzene rings is 2. The highest BCUT2D eigenvalue weighted by atomic mass is 35.5. The Hall–Kier alpha value is -10.4. The molecule has 4 aliphatic rings. The number of ketones is 4. The number of nitrogens with two attached hydrogens (primary N) is 6. The molecule has 0 saturated carbocycles. The SMILES string of the molecule is CCCNC(=O)[C@@H](CCCN=C(N)N)NC(=O)[C@@H]1CSCN1C(=O)[C@@H]1CSCCCC(=O)C[C@@H](Cc2ccc(Cl)cc2)C(=O)N[C@@H](Cc2cccs2)C(=O)N[C@@H](C(C)C)C(=O)N[C@@H](CC(N)=O)C(=O)C1.CCNC(=O)[C@@H](CCCN=C(N)N)NC(=O)[C@@H]1CSCN1C(=O)[C@@H]1CCSCCC(=O)C[C@@H](Cc2ccc(Cl)cc2)C(=O)N[C@@H](Cc2cccs2)C(=O)N[C@@H](C(C)C)C(=O)N[C@@H](CC(N)=O)C(=O)C1. The fourth-order valence-corrected chi connectivity index (χ4v) is 21.9. The zero-order valence-electron chi connectivity index (χ0n) is 79.0. The first-order valence-electron chi connectivity index (χ1n) is 46.4. The van der Waals surface area contributed by atoms with Gasteiger partial charge in [0.2, 0.25) is 82.7 Å². The van der Waals surface area contributed by atoms with Crippen LogP contribution in [0.25, 0.3) is 0 Å². The van der Waals surface area contributed by atoms with Crippen molar-refractivity contribution in [3.8, 4) is 0 Å². The lowest BCUT2D eigenvalue weighted by atomic mass is 9.91. The third kappa shape index (κ3) is 39.9. The molecule has 4 aromatic rings. The Morgan fingerprint density at radius 3 is 1.30 bits per heavy atom. The molecule has 22 N–H and O–H groups in total. The van der Waals surface area contributed by atoms with Crippen molar-refractivity contribution in [1.82, 2.24) is 63.0 Å². The topological polar surface area (TPSA) is 615 Å². The van der Waals surface area contributed by atoms with Crippen LogP contribution in [0, 0.1) is 35.5 Å². The summed E-state index contributed by atoms with van der Waals surface area (Å²) in [5.74, 6) is -14.1. The van der Waals surface area contributed by atoms with Gasteiger partial charge in [0, 0.05) is 138 Å². The number of aliphatic imine (C=N–C) groups is 2. The van der Waals surface area contributed by atoms with E-state index in [1.54, 1.807) is 101 Å². The molecule has 0 spiro atoms. The maximum atomic E-state index is 14.6. The van der Waals surface area contributed by atoms with Gasteiger partial charge in [-0.1, -0.05) is 94.2 Å². The zero-order chi connectivity index (χ0) is 102. The minimum Gasteiger partial charge on any atom is -0.370 e. The molecule has 139 heavy (non-hydrogen) atoms. The molecule has 2 aromatic carbocycles. The quantitative estimate of drug-likeness (QED) is 0.0185. The Bertz CT molecular complexity index is 4900. The molecule has 14 atom stereocenters. The Morgan fingerprint density at radius 1 is 0.468 bits per heavy atom. The highest BCUT2D eigenvalue weighted by molar-refractivity contribution is 8.00. The van der Waals surface area contributed by atoms with E-state index in [-0.39, 0.29) is 136 Å². The largest absolute Gasteiger partial charge is 0.370 e. The number of guanidine groups is 2. The number of thioether (sulfide) groups is 4. The van der Waals surface area contributed by atoms with E-state index in [0.717, 1.165) is 20.9 Å². The van der Waals surface area contributed by atoms with Gasteiger partial charge < -0.3 is 97.4 Å². The van der Waals surface area contributed by atoms with Crippen molar-refractivity contribution in [2.45, 2.75) is 224 Å². The molecule has 14 amide bonds. The van der Waals surface area contributed by atoms with E-state index in [9.17, 15) is 86.3 Å². The number of amides is 14. The fourth-order valence-electron chi connectivity index (χ4n) is 15.7. The molecule has 0 unspecified atom stereocenters. The number of nitrogens with zero attached hydrogens (tertiary/aromatic N) is 4. The standard InChI is InChI=1S/C47H67ClN10O9S3.C46H65ClN10O9S3/c1-4-15-52-42(63)34(10-5-16-53-47(50)51)54-44(65)37-25-69-26-58(37)46(67)30-21-38(60)35(23-39(49)61)55-45(66)40(27(2)3)57-43(64)36(22-33-9-7-18-70-33)56-41(62)29(19-28-11-13-31(48)14-12-28)20-32(59)8-6-17-68-24-30;1-4-51-41(62)33(8-5-15-52-46(49)50)53-43(64)36-24-68-25-57(36)45(66)28-13-17-67-18-14-31(58)20-29(19-27-9-11-30(47)12-10-27)40(61)55-35(22-32-7-6-16-69-32)42(63)56-39(26(2)3)44(65)54-34(23-38(48)60)37(59)21-28/h7,9,11-14,18,27,29-30,34-37,40H,4-6,8,10,15-17,19-26H2,1-3H3,(H2,49,61)(H,52,63)(H,54,65)(H,55,66)(H,56,62)(H,57,64)(H4,50,51,53);6-7,9-12,16,26,28-29,33-36,39H,4-5,8,13-15,17-25H2,1-3H3,(H2,48,60)(H,51,62)(H,53,64)(H,54,65)(H,55,61)(H,56,63)(H4,49,50,52)/t29-,30+,34-,35+,36+,37+,40+;28-,29-,33-,34+,35+,36+,39+/m11/s1. The smallest absolute Gasteiger partial charge is 0.244 e. The number of Topliss-reactive ketones (excluding diaryl/α,β-unsaturated/α-hetero) is 4. The summed E-state index contributed by atoms with van der Waals surface area (Å²) in [6.45, 7) is 11.5. The Labute approximate surface area is 844 Å². The molecule has 4 saturated heterocycles. The molecule has 0 bridgehead atoms. The first-order valence-corrected chi connectivity index (χ1v) is 53.6. The van der Waals surface area contributed by atoms with Crippen LogP contribution < -0.4 is 87.6 Å². The summed E-state index contributed by atoms with van der Waals surface area (Å²) in [5, 5.41) is 32.2. The number of carbonyl (C=O) groups excluding carboxylic acids is 18. The van der Waals surface area contributed by atoms with Gasteiger partial charge in [0.15, 0.2) is 23.5 Å². The number of likely N-dealkylation sites (N-methyl/N-ethyl adjacent to an activating group) is 1. The summed E-state index contributed by atoms with van der Waals surface area (Å²) in [7, 11) is 0. The van der Waals surface area contributed by atoms with E-state index in [0.29, 0.717) is 66.1 Å². The monoisotopic (exact) mass is 2080 g/mol. The van der Waals surface area contributed by atoms with Gasteiger partial charge >= 0.3 is 0 Å². The van der Waals surface area contributed by atoms with Crippen molar-refractivity contribution in [2.75, 3.05) is 72.4 Å². The molecule has 2 aromatic heterocycles. The van der Waals surface area contributed by atoms with Crippen LogP contribution in [0.5, 0.6) is 0 Å². The molecule has 46 heteroatoms. The Balaban J connectivity index is 0.000000378. The van der Waals surface area contributed by atoms with E-state index in [1.807, 2.05) is 23.8 Å². The fraction of sp³-hybridized carbons (Fsp3) is 0.570. The third-order valence-corrected chi connectivity index (χ3v) is 29.8. The molecular formula is C93H132Cl2N20O18S6. The van der Waals surface area contributed by atoms with Gasteiger partial charge in [-0.25, -0.2) is 0 Å². The van der Waals surface area contributed by atoms with Crippen molar-refractivity contribution >= 4 is 211 Å². The first-order chi connectivity index (χ1) is 66.2. The first kappa shape index (κ1) is 116. The van der Waals surface area contributed by atoms with Crippen LogP contribution >= 0.6 is 92.9 Å². The van der Waals surface area contributed by atoms with E-state index in [1.165, 1.54) is 79.5 Å². The number of hydrogen-bond acceptors (Lipinski definition) is 26. The number of carbonyl (C=O) groups is 18. The van der Waals surface area contributed by atoms with Crippen LogP contribution in [-0.2, 0) is 112 Å². The molecule has 6 heterocycles. The van der Waals surface area contributed by atoms with Gasteiger partial charge in [-0.15, -0.1) is 46.2 Å². The number of nitrogens with one attached hydrogen (secondary N) is 10. The molecule has 0 radical (unpaired) electrons. The van der Waals surface area contributed by atoms with Crippen molar-refractivity contribution in [3.05, 3.63) is 114 Å². The van der Waals surface area contributed by atoms with Gasteiger partial charge in [0.05, 0.1) is 42.6 Å². The summed E-state index contributed by atoms with van der Waals surface area (Å²) in [6.07, 6.45) is 0.596. The molecule has 38 nitrogen and oxygen atoms in total. The minimum absolute atomic E-state index is 0.0657. The maximum Gasteiger partial charge on any atom is 0.244 e. The van der Waals surface area contributed by atoms with Crippen molar-refractivity contribution < 1.29 is 86.3 Å². The van der Waals surface area contributed by atoms with Gasteiger partial charge in [0.1, 0.15) is 59.9 Å². The lowest BCUT2D eigenvalue weighted by Crippen LogP contribution is -2.58. The van der Waals surface area contributed by atoms with Crippen LogP contribution in [0.3, 0.4) is 0 Å². The highest BCUT2D eigenvalue weighted by Crippen LogP contribution is 2.32. The lowest BCUT2D eigenvalue weighted by Gasteiger charge is -2.30. The summed E-state index contributed by atoms with van der Waals surface area (Å²) < 4.78 is 0. The van der Waals surface area contributed by atoms with E-state index in [2.05, 4.69) is 63.2 Å². The average Bonchev–Trinajstić information content (AvgIpc) is 1.68. The number of hydrogen-bond donors (Lipinski definition) is 16. The zero-order valence-corrected chi connectivity index (χ0v) is 85.5. The predicted octanol–water partition coefficient (Wildman–Crippen LogP) is 3.24. The number of primary amides is 2. The minimum atomic E-state index is -1.49. The Kier molecular flexibility index (Phi) is 49.9. The summed E-state index contributed by atoms with van der Waals surface area (Å²) >= 11 is 20.4. The summed E-state index contributed by atoms with van der Waals surface area (Å²) in [6, 6.07) is 9.27. The molecule has 4 aliphatic heterocycles. The van der Waals surface area contributed by atoms with Gasteiger partial charge in [0.25, 0.3) is 0 Å². The van der Waals surface area contributed by atoms with Crippen molar-refractivity contribution in [2.24, 2.45) is 79.9 Å². The van der Waals surface area contributed by atoms with E-state index in [4.69, 9.17) is 57.6 Å². The second-order valence-corrected chi connectivity index (χ2v) is 42.4. The van der Waals surface area contributed by atoms with Gasteiger partial charge in [-0.3, -0.25) is 96.3 Å². The second kappa shape index (κ2) is 60.0. The predicted molar refractivity (Wildman–Crippen MR) is 542 cm³/mol. The average molecular weight is 2080 g/mol. The second-order valence-electron chi connectivity index (χ2n) is 35.1. The molecule has 762 valence electrons. The van der Waals surface area contributed by atoms with Crippen LogP contribution in [0.1, 0.15) is 159 Å².